The third-order valence-electron chi connectivity index (χ3n) is 5.50. The van der Waals surface area contributed by atoms with Crippen molar-refractivity contribution in [1.82, 2.24) is 5.32 Å². The third-order valence-corrected chi connectivity index (χ3v) is 5.50. The van der Waals surface area contributed by atoms with Gasteiger partial charge >= 0.3 is 0 Å². The number of rotatable bonds is 8. The summed E-state index contributed by atoms with van der Waals surface area (Å²) in [6, 6.07) is 0.770. The summed E-state index contributed by atoms with van der Waals surface area (Å²) in [6.07, 6.45) is 14.1. The molecule has 2 rings (SSSR count). The zero-order chi connectivity index (χ0) is 14.2. The van der Waals surface area contributed by atoms with Crippen LogP contribution in [0.3, 0.4) is 0 Å². The second kappa shape index (κ2) is 9.04. The van der Waals surface area contributed by atoms with Crippen molar-refractivity contribution in [2.24, 2.45) is 11.8 Å². The summed E-state index contributed by atoms with van der Waals surface area (Å²) >= 11 is 0. The monoisotopic (exact) mass is 281 g/mol. The van der Waals surface area contributed by atoms with Crippen molar-refractivity contribution < 1.29 is 4.74 Å². The molecular formula is C18H35NO. The van der Waals surface area contributed by atoms with Crippen molar-refractivity contribution in [3.63, 3.8) is 0 Å². The van der Waals surface area contributed by atoms with E-state index < -0.39 is 0 Å². The number of ether oxygens (including phenoxy) is 1. The summed E-state index contributed by atoms with van der Waals surface area (Å²) in [6.45, 7) is 6.76. The van der Waals surface area contributed by atoms with Crippen LogP contribution in [-0.4, -0.2) is 25.3 Å². The van der Waals surface area contributed by atoms with Gasteiger partial charge in [0, 0.05) is 12.6 Å². The van der Waals surface area contributed by atoms with Gasteiger partial charge in [-0.2, -0.15) is 0 Å². The van der Waals surface area contributed by atoms with Crippen LogP contribution in [0.4, 0.5) is 0 Å². The summed E-state index contributed by atoms with van der Waals surface area (Å²) in [5.74, 6) is 1.70. The second-order valence-electron chi connectivity index (χ2n) is 6.90. The minimum atomic E-state index is 0.567. The van der Waals surface area contributed by atoms with Crippen molar-refractivity contribution in [3.05, 3.63) is 0 Å². The zero-order valence-electron chi connectivity index (χ0n) is 13.7. The fourth-order valence-corrected chi connectivity index (χ4v) is 4.21. The quantitative estimate of drug-likeness (QED) is 0.706. The molecule has 4 unspecified atom stereocenters. The smallest absolute Gasteiger partial charge is 0.0603 e. The van der Waals surface area contributed by atoms with E-state index in [1.807, 2.05) is 0 Å². The van der Waals surface area contributed by atoms with E-state index in [0.717, 1.165) is 24.5 Å². The predicted octanol–water partition coefficient (Wildman–Crippen LogP) is 4.53. The topological polar surface area (TPSA) is 21.3 Å². The van der Waals surface area contributed by atoms with E-state index in [0.29, 0.717) is 6.10 Å². The van der Waals surface area contributed by atoms with Crippen LogP contribution < -0.4 is 5.32 Å². The van der Waals surface area contributed by atoms with E-state index in [1.165, 1.54) is 70.8 Å². The Bertz CT molecular complexity index is 256. The van der Waals surface area contributed by atoms with Crippen LogP contribution in [0.15, 0.2) is 0 Å². The minimum Gasteiger partial charge on any atom is -0.378 e. The molecule has 0 amide bonds. The van der Waals surface area contributed by atoms with E-state index in [2.05, 4.69) is 19.2 Å². The van der Waals surface area contributed by atoms with Gasteiger partial charge in [-0.1, -0.05) is 39.5 Å². The second-order valence-corrected chi connectivity index (χ2v) is 6.90. The molecule has 0 aliphatic heterocycles. The van der Waals surface area contributed by atoms with Gasteiger partial charge < -0.3 is 10.1 Å². The lowest BCUT2D eigenvalue weighted by atomic mass is 9.85. The Hall–Kier alpha value is -0.0800. The highest BCUT2D eigenvalue weighted by Crippen LogP contribution is 2.31. The molecule has 0 saturated heterocycles. The van der Waals surface area contributed by atoms with Gasteiger partial charge in [-0.05, 0) is 56.9 Å². The maximum atomic E-state index is 6.27. The molecule has 0 aromatic carbocycles. The fraction of sp³-hybridized carbons (Fsp3) is 1.00. The van der Waals surface area contributed by atoms with Crippen molar-refractivity contribution >= 4 is 0 Å². The molecule has 2 heteroatoms. The summed E-state index contributed by atoms with van der Waals surface area (Å²) in [7, 11) is 0. The molecule has 1 N–H and O–H groups in total. The molecule has 2 fully saturated rings. The molecule has 0 bridgehead atoms. The molecule has 2 aliphatic rings. The first kappa shape index (κ1) is 16.3. The van der Waals surface area contributed by atoms with Crippen LogP contribution >= 0.6 is 0 Å². The van der Waals surface area contributed by atoms with E-state index in [9.17, 15) is 0 Å². The van der Waals surface area contributed by atoms with Gasteiger partial charge in [0.2, 0.25) is 0 Å². The molecule has 2 nitrogen and oxygen atoms in total. The highest BCUT2D eigenvalue weighted by molar-refractivity contribution is 4.83. The fourth-order valence-electron chi connectivity index (χ4n) is 4.21. The van der Waals surface area contributed by atoms with Crippen LogP contribution in [0.25, 0.3) is 0 Å². The van der Waals surface area contributed by atoms with E-state index in [4.69, 9.17) is 4.74 Å². The average Bonchev–Trinajstić information content (AvgIpc) is 2.93. The van der Waals surface area contributed by atoms with Gasteiger partial charge in [-0.25, -0.2) is 0 Å². The van der Waals surface area contributed by atoms with Crippen LogP contribution in [0.5, 0.6) is 0 Å². The predicted molar refractivity (Wildman–Crippen MR) is 86.0 cm³/mol. The zero-order valence-corrected chi connectivity index (χ0v) is 13.7. The molecule has 20 heavy (non-hydrogen) atoms. The van der Waals surface area contributed by atoms with E-state index >= 15 is 0 Å². The Morgan fingerprint density at radius 1 is 0.950 bits per heavy atom. The molecule has 2 saturated carbocycles. The number of hydrogen-bond acceptors (Lipinski definition) is 2. The Labute approximate surface area is 126 Å². The Morgan fingerprint density at radius 2 is 1.75 bits per heavy atom. The summed E-state index contributed by atoms with van der Waals surface area (Å²) in [5.41, 5.74) is 0. The van der Waals surface area contributed by atoms with Crippen LogP contribution in [0.2, 0.25) is 0 Å². The number of nitrogens with one attached hydrogen (secondary N) is 1. The molecule has 2 aliphatic carbocycles. The van der Waals surface area contributed by atoms with Gasteiger partial charge in [-0.3, -0.25) is 0 Å². The summed E-state index contributed by atoms with van der Waals surface area (Å²) < 4.78 is 6.27. The van der Waals surface area contributed by atoms with Crippen molar-refractivity contribution in [2.75, 3.05) is 13.2 Å². The van der Waals surface area contributed by atoms with Crippen molar-refractivity contribution in [3.8, 4) is 0 Å². The lowest BCUT2D eigenvalue weighted by Crippen LogP contribution is -2.34. The first-order chi connectivity index (χ1) is 9.85. The average molecular weight is 281 g/mol. The maximum Gasteiger partial charge on any atom is 0.0603 e. The summed E-state index contributed by atoms with van der Waals surface area (Å²) in [5, 5.41) is 3.73. The van der Waals surface area contributed by atoms with Crippen LogP contribution in [0.1, 0.15) is 78.1 Å². The summed E-state index contributed by atoms with van der Waals surface area (Å²) in [4.78, 5) is 0. The maximum absolute atomic E-state index is 6.27. The molecule has 0 aromatic heterocycles. The van der Waals surface area contributed by atoms with Gasteiger partial charge in [0.05, 0.1) is 6.10 Å². The molecule has 0 radical (unpaired) electrons. The van der Waals surface area contributed by atoms with Crippen LogP contribution in [-0.2, 0) is 4.74 Å². The molecule has 4 atom stereocenters. The first-order valence-electron chi connectivity index (χ1n) is 9.20. The molecule has 118 valence electrons. The van der Waals surface area contributed by atoms with Gasteiger partial charge in [0.25, 0.3) is 0 Å². The van der Waals surface area contributed by atoms with Crippen molar-refractivity contribution in [2.45, 2.75) is 90.2 Å². The Morgan fingerprint density at radius 3 is 2.55 bits per heavy atom. The first-order valence-corrected chi connectivity index (χ1v) is 9.20. The van der Waals surface area contributed by atoms with E-state index in [1.54, 1.807) is 0 Å². The van der Waals surface area contributed by atoms with Crippen LogP contribution in [0, 0.1) is 11.8 Å². The Balaban J connectivity index is 1.66. The van der Waals surface area contributed by atoms with Gasteiger partial charge in [0.1, 0.15) is 0 Å². The van der Waals surface area contributed by atoms with E-state index in [-0.39, 0.29) is 0 Å². The highest BCUT2D eigenvalue weighted by atomic mass is 16.5. The molecule has 0 heterocycles. The standard InChI is InChI=1S/C18H35NO/c1-3-13-19-17-10-7-9-16(17)12-14-20-18-11-6-5-8-15(18)4-2/h15-19H,3-14H2,1-2H3. The normalized spacial score (nSPS) is 34.5. The van der Waals surface area contributed by atoms with Gasteiger partial charge in [0.15, 0.2) is 0 Å². The lowest BCUT2D eigenvalue weighted by molar-refractivity contribution is -0.0178. The molecular weight excluding hydrogens is 246 g/mol. The van der Waals surface area contributed by atoms with Crippen molar-refractivity contribution in [1.29, 1.82) is 0 Å². The lowest BCUT2D eigenvalue weighted by Gasteiger charge is -2.31. The van der Waals surface area contributed by atoms with Gasteiger partial charge in [-0.15, -0.1) is 0 Å². The SMILES string of the molecule is CCCNC1CCCC1CCOC1CCCCC1CC. The molecule has 0 aromatic rings. The third kappa shape index (κ3) is 4.73. The highest BCUT2D eigenvalue weighted by Gasteiger charge is 2.28. The number of hydrogen-bond donors (Lipinski definition) is 1. The molecule has 0 spiro atoms. The minimum absolute atomic E-state index is 0.567. The Kier molecular flexibility index (Phi) is 7.37. The largest absolute Gasteiger partial charge is 0.378 e.